The Labute approximate surface area is 192 Å². The minimum absolute atomic E-state index is 0.0725. The summed E-state index contributed by atoms with van der Waals surface area (Å²) in [6.45, 7) is 2.40. The average Bonchev–Trinajstić information content (AvgIpc) is 3.49. The molecule has 2 aromatic carbocycles. The number of ether oxygens (including phenoxy) is 2. The van der Waals surface area contributed by atoms with Crippen LogP contribution in [-0.4, -0.2) is 36.3 Å². The zero-order valence-electron chi connectivity index (χ0n) is 18.3. The Hall–Kier alpha value is -3.92. The largest absolute Gasteiger partial charge is 0.451 e. The molecular formula is C24H20F2N6O2. The van der Waals surface area contributed by atoms with E-state index in [1.807, 2.05) is 6.20 Å². The monoisotopic (exact) mass is 462 g/mol. The van der Waals surface area contributed by atoms with Gasteiger partial charge in [0.1, 0.15) is 23.3 Å². The van der Waals surface area contributed by atoms with Gasteiger partial charge in [0.15, 0.2) is 11.6 Å². The molecule has 172 valence electrons. The molecule has 1 fully saturated rings. The van der Waals surface area contributed by atoms with E-state index in [0.717, 1.165) is 37.5 Å². The van der Waals surface area contributed by atoms with Crippen LogP contribution in [0.2, 0.25) is 0 Å². The summed E-state index contributed by atoms with van der Waals surface area (Å²) in [7, 11) is 0. The fraction of sp³-hybridized carbons (Fsp3) is 0.250. The predicted octanol–water partition coefficient (Wildman–Crippen LogP) is 5.45. The minimum Gasteiger partial charge on any atom is -0.451 e. The van der Waals surface area contributed by atoms with Gasteiger partial charge in [-0.2, -0.15) is 5.10 Å². The molecule has 1 saturated heterocycles. The van der Waals surface area contributed by atoms with E-state index in [9.17, 15) is 8.78 Å². The van der Waals surface area contributed by atoms with Gasteiger partial charge in [-0.3, -0.25) is 4.98 Å². The standard InChI is InChI=1S/C24H20F2N6O2/c1-13-29-19-9-16(25)24(22(26)23(19)30-13)34-15-5-6-17-18(8-15)31-20(11-27-17)14-10-28-32(12-14)21-4-2-3-7-33-21/h5-6,8-12,21H,2-4,7H2,1H3,(H,29,30). The first-order valence-corrected chi connectivity index (χ1v) is 11.0. The Bertz CT molecular complexity index is 1520. The lowest BCUT2D eigenvalue weighted by Crippen LogP contribution is -2.18. The van der Waals surface area contributed by atoms with Gasteiger partial charge in [0, 0.05) is 30.5 Å². The van der Waals surface area contributed by atoms with Crippen LogP contribution in [0.25, 0.3) is 33.3 Å². The van der Waals surface area contributed by atoms with Crippen LogP contribution in [0, 0.1) is 18.6 Å². The topological polar surface area (TPSA) is 90.7 Å². The number of benzene rings is 2. The first-order chi connectivity index (χ1) is 16.5. The molecule has 0 saturated carbocycles. The number of H-pyrrole nitrogens is 1. The van der Waals surface area contributed by atoms with E-state index in [4.69, 9.17) is 9.47 Å². The number of nitrogens with zero attached hydrogens (tertiary/aromatic N) is 5. The van der Waals surface area contributed by atoms with E-state index in [-0.39, 0.29) is 23.0 Å². The molecule has 1 aliphatic rings. The number of hydrogen-bond acceptors (Lipinski definition) is 6. The van der Waals surface area contributed by atoms with Crippen LogP contribution >= 0.6 is 0 Å². The number of aryl methyl sites for hydroxylation is 1. The van der Waals surface area contributed by atoms with Crippen molar-refractivity contribution in [1.82, 2.24) is 29.7 Å². The second kappa shape index (κ2) is 8.14. The van der Waals surface area contributed by atoms with Gasteiger partial charge < -0.3 is 14.5 Å². The van der Waals surface area contributed by atoms with Crippen LogP contribution in [0.1, 0.15) is 31.3 Å². The highest BCUT2D eigenvalue weighted by Gasteiger charge is 2.20. The van der Waals surface area contributed by atoms with Crippen molar-refractivity contribution < 1.29 is 18.3 Å². The van der Waals surface area contributed by atoms with E-state index in [0.29, 0.717) is 22.6 Å². The lowest BCUT2D eigenvalue weighted by Gasteiger charge is -2.22. The summed E-state index contributed by atoms with van der Waals surface area (Å²) in [5.41, 5.74) is 2.87. The third kappa shape index (κ3) is 3.65. The highest BCUT2D eigenvalue weighted by molar-refractivity contribution is 5.80. The Kier molecular flexibility index (Phi) is 4.95. The number of aromatic amines is 1. The third-order valence-corrected chi connectivity index (χ3v) is 5.83. The summed E-state index contributed by atoms with van der Waals surface area (Å²) >= 11 is 0. The van der Waals surface area contributed by atoms with Gasteiger partial charge >= 0.3 is 0 Å². The zero-order valence-corrected chi connectivity index (χ0v) is 18.3. The second-order valence-electron chi connectivity index (χ2n) is 8.26. The van der Waals surface area contributed by atoms with Crippen molar-refractivity contribution in [2.45, 2.75) is 32.4 Å². The summed E-state index contributed by atoms with van der Waals surface area (Å²) < 4.78 is 42.6. The van der Waals surface area contributed by atoms with Gasteiger partial charge in [0.05, 0.1) is 34.6 Å². The first-order valence-electron chi connectivity index (χ1n) is 11.0. The maximum Gasteiger partial charge on any atom is 0.200 e. The van der Waals surface area contributed by atoms with Crippen LogP contribution in [-0.2, 0) is 4.74 Å². The molecule has 5 aromatic rings. The Balaban J connectivity index is 1.32. The number of rotatable bonds is 4. The summed E-state index contributed by atoms with van der Waals surface area (Å²) in [4.78, 5) is 16.0. The fourth-order valence-electron chi connectivity index (χ4n) is 4.15. The maximum atomic E-state index is 14.9. The maximum absolute atomic E-state index is 14.9. The third-order valence-electron chi connectivity index (χ3n) is 5.83. The van der Waals surface area contributed by atoms with E-state index < -0.39 is 17.4 Å². The Morgan fingerprint density at radius 3 is 2.85 bits per heavy atom. The van der Waals surface area contributed by atoms with Crippen LogP contribution < -0.4 is 4.74 Å². The van der Waals surface area contributed by atoms with Crippen molar-refractivity contribution in [3.05, 3.63) is 60.3 Å². The molecule has 1 unspecified atom stereocenters. The van der Waals surface area contributed by atoms with Crippen LogP contribution in [0.5, 0.6) is 11.5 Å². The molecule has 4 heterocycles. The molecule has 34 heavy (non-hydrogen) atoms. The molecule has 3 aromatic heterocycles. The zero-order chi connectivity index (χ0) is 23.2. The summed E-state index contributed by atoms with van der Waals surface area (Å²) in [6.07, 6.45) is 8.29. The van der Waals surface area contributed by atoms with Gasteiger partial charge in [-0.1, -0.05) is 0 Å². The van der Waals surface area contributed by atoms with Crippen LogP contribution in [0.15, 0.2) is 42.9 Å². The molecule has 8 nitrogen and oxygen atoms in total. The summed E-state index contributed by atoms with van der Waals surface area (Å²) in [5.74, 6) is -1.47. The smallest absolute Gasteiger partial charge is 0.200 e. The normalized spacial score (nSPS) is 16.4. The van der Waals surface area contributed by atoms with Gasteiger partial charge in [-0.25, -0.2) is 23.4 Å². The molecule has 0 radical (unpaired) electrons. The van der Waals surface area contributed by atoms with Gasteiger partial charge in [-0.15, -0.1) is 0 Å². The molecule has 1 N–H and O–H groups in total. The van der Waals surface area contributed by atoms with Crippen LogP contribution in [0.4, 0.5) is 8.78 Å². The average molecular weight is 462 g/mol. The van der Waals surface area contributed by atoms with Crippen molar-refractivity contribution in [3.8, 4) is 22.8 Å². The highest BCUT2D eigenvalue weighted by Crippen LogP contribution is 2.33. The van der Waals surface area contributed by atoms with Crippen molar-refractivity contribution in [2.75, 3.05) is 6.61 Å². The molecule has 0 amide bonds. The Morgan fingerprint density at radius 2 is 2.00 bits per heavy atom. The summed E-state index contributed by atoms with van der Waals surface area (Å²) in [5, 5.41) is 4.42. The van der Waals surface area contributed by atoms with Crippen molar-refractivity contribution in [3.63, 3.8) is 0 Å². The SMILES string of the molecule is Cc1nc2cc(F)c(Oc3ccc4ncc(-c5cnn(C6CCCCO6)c5)nc4c3)c(F)c2[nH]1. The molecule has 1 atom stereocenters. The van der Waals surface area contributed by atoms with E-state index >= 15 is 0 Å². The van der Waals surface area contributed by atoms with Crippen LogP contribution in [0.3, 0.4) is 0 Å². The number of aromatic nitrogens is 6. The van der Waals surface area contributed by atoms with Crippen molar-refractivity contribution in [2.24, 2.45) is 0 Å². The summed E-state index contributed by atoms with van der Waals surface area (Å²) in [6, 6.07) is 6.03. The van der Waals surface area contributed by atoms with Gasteiger partial charge in [0.2, 0.25) is 5.75 Å². The molecule has 0 bridgehead atoms. The number of nitrogens with one attached hydrogen (secondary N) is 1. The lowest BCUT2D eigenvalue weighted by atomic mass is 10.2. The van der Waals surface area contributed by atoms with E-state index in [1.165, 1.54) is 0 Å². The fourth-order valence-corrected chi connectivity index (χ4v) is 4.15. The second-order valence-corrected chi connectivity index (χ2v) is 8.26. The minimum atomic E-state index is -0.840. The van der Waals surface area contributed by atoms with E-state index in [2.05, 4.69) is 25.0 Å². The highest BCUT2D eigenvalue weighted by atomic mass is 19.1. The molecular weight excluding hydrogens is 442 g/mol. The number of hydrogen-bond donors (Lipinski definition) is 1. The van der Waals surface area contributed by atoms with Gasteiger partial charge in [-0.05, 0) is 38.3 Å². The first kappa shape index (κ1) is 20.7. The molecule has 0 spiro atoms. The van der Waals surface area contributed by atoms with Crippen molar-refractivity contribution in [1.29, 1.82) is 0 Å². The number of halogens is 2. The molecule has 1 aliphatic heterocycles. The molecule has 6 rings (SSSR count). The van der Waals surface area contributed by atoms with Crippen molar-refractivity contribution >= 4 is 22.1 Å². The predicted molar refractivity (Wildman–Crippen MR) is 120 cm³/mol. The lowest BCUT2D eigenvalue weighted by molar-refractivity contribution is -0.0394. The quantitative estimate of drug-likeness (QED) is 0.382. The molecule has 0 aliphatic carbocycles. The van der Waals surface area contributed by atoms with E-state index in [1.54, 1.807) is 42.2 Å². The Morgan fingerprint density at radius 1 is 1.09 bits per heavy atom. The van der Waals surface area contributed by atoms with Gasteiger partial charge in [0.25, 0.3) is 0 Å². The molecule has 10 heteroatoms. The number of fused-ring (bicyclic) bond motifs is 2. The number of imidazole rings is 1.